The fourth-order valence-electron chi connectivity index (χ4n) is 2.05. The van der Waals surface area contributed by atoms with Crippen LogP contribution in [0.4, 0.5) is 11.4 Å². The van der Waals surface area contributed by atoms with Gasteiger partial charge in [-0.25, -0.2) is 0 Å². The molecule has 0 atom stereocenters. The summed E-state index contributed by atoms with van der Waals surface area (Å²) in [5.41, 5.74) is 2.96. The minimum Gasteiger partial charge on any atom is -0.494 e. The Bertz CT molecular complexity index is 657. The fraction of sp³-hybridized carbons (Fsp3) is 0.278. The normalized spacial score (nSPS) is 10.2. The van der Waals surface area contributed by atoms with Crippen LogP contribution in [-0.2, 0) is 4.79 Å². The van der Waals surface area contributed by atoms with Gasteiger partial charge in [0.25, 0.3) is 0 Å². The number of anilines is 2. The Morgan fingerprint density at radius 1 is 1.13 bits per heavy atom. The molecule has 1 amide bonds. The van der Waals surface area contributed by atoms with Crippen molar-refractivity contribution in [1.82, 2.24) is 0 Å². The molecule has 0 aromatic heterocycles. The standard InChI is InChI=1S/C18H21BrN2O2/c1-3-23-16-8-6-14(7-9-16)21-18(22)10-11-20-15-5-4-13(2)17(19)12-15/h4-9,12,20H,3,10-11H2,1-2H3,(H,21,22). The number of ether oxygens (including phenoxy) is 1. The molecule has 0 bridgehead atoms. The number of rotatable bonds is 7. The van der Waals surface area contributed by atoms with Crippen molar-refractivity contribution in [2.24, 2.45) is 0 Å². The number of halogens is 1. The zero-order chi connectivity index (χ0) is 16.7. The number of carbonyl (C=O) groups is 1. The molecule has 0 aliphatic heterocycles. The first-order chi connectivity index (χ1) is 11.1. The lowest BCUT2D eigenvalue weighted by atomic mass is 10.2. The van der Waals surface area contributed by atoms with Crippen molar-refractivity contribution in [1.29, 1.82) is 0 Å². The second kappa shape index (κ2) is 8.58. The van der Waals surface area contributed by atoms with Gasteiger partial charge in [0.1, 0.15) is 5.75 Å². The first-order valence-corrected chi connectivity index (χ1v) is 8.40. The Morgan fingerprint density at radius 3 is 2.48 bits per heavy atom. The topological polar surface area (TPSA) is 50.4 Å². The monoisotopic (exact) mass is 376 g/mol. The third-order valence-corrected chi connectivity index (χ3v) is 4.16. The van der Waals surface area contributed by atoms with E-state index in [1.807, 2.05) is 56.3 Å². The van der Waals surface area contributed by atoms with Crippen molar-refractivity contribution in [3.05, 3.63) is 52.5 Å². The summed E-state index contributed by atoms with van der Waals surface area (Å²) >= 11 is 3.50. The van der Waals surface area contributed by atoms with Crippen LogP contribution in [0.5, 0.6) is 5.75 Å². The molecule has 2 aromatic carbocycles. The average Bonchev–Trinajstić information content (AvgIpc) is 2.53. The lowest BCUT2D eigenvalue weighted by molar-refractivity contribution is -0.115. The molecule has 2 N–H and O–H groups in total. The number of benzene rings is 2. The van der Waals surface area contributed by atoms with E-state index in [1.165, 1.54) is 5.56 Å². The quantitative estimate of drug-likeness (QED) is 0.742. The Morgan fingerprint density at radius 2 is 1.83 bits per heavy atom. The number of amides is 1. The largest absolute Gasteiger partial charge is 0.494 e. The molecule has 0 heterocycles. The molecule has 0 saturated heterocycles. The maximum atomic E-state index is 11.9. The highest BCUT2D eigenvalue weighted by molar-refractivity contribution is 9.10. The van der Waals surface area contributed by atoms with E-state index in [1.54, 1.807) is 0 Å². The van der Waals surface area contributed by atoms with Crippen LogP contribution in [0.25, 0.3) is 0 Å². The van der Waals surface area contributed by atoms with Gasteiger partial charge in [-0.2, -0.15) is 0 Å². The van der Waals surface area contributed by atoms with Gasteiger partial charge in [0.15, 0.2) is 0 Å². The number of hydrogen-bond acceptors (Lipinski definition) is 3. The summed E-state index contributed by atoms with van der Waals surface area (Å²) < 4.78 is 6.43. The Kier molecular flexibility index (Phi) is 6.47. The number of aryl methyl sites for hydroxylation is 1. The van der Waals surface area contributed by atoms with E-state index >= 15 is 0 Å². The molecule has 2 aromatic rings. The van der Waals surface area contributed by atoms with Crippen LogP contribution in [0.3, 0.4) is 0 Å². The van der Waals surface area contributed by atoms with Gasteiger partial charge in [-0.3, -0.25) is 4.79 Å². The highest BCUT2D eigenvalue weighted by atomic mass is 79.9. The van der Waals surface area contributed by atoms with E-state index < -0.39 is 0 Å². The summed E-state index contributed by atoms with van der Waals surface area (Å²) in [7, 11) is 0. The van der Waals surface area contributed by atoms with E-state index in [0.717, 1.165) is 21.6 Å². The molecule has 0 radical (unpaired) electrons. The summed E-state index contributed by atoms with van der Waals surface area (Å²) in [4.78, 5) is 11.9. The molecule has 0 aliphatic carbocycles. The molecule has 122 valence electrons. The molecule has 0 spiro atoms. The maximum absolute atomic E-state index is 11.9. The van der Waals surface area contributed by atoms with E-state index in [-0.39, 0.29) is 5.91 Å². The van der Waals surface area contributed by atoms with Gasteiger partial charge >= 0.3 is 0 Å². The van der Waals surface area contributed by atoms with Crippen LogP contribution in [0, 0.1) is 6.92 Å². The van der Waals surface area contributed by atoms with Gasteiger partial charge in [0, 0.05) is 28.8 Å². The summed E-state index contributed by atoms with van der Waals surface area (Å²) in [5, 5.41) is 6.12. The molecular formula is C18H21BrN2O2. The van der Waals surface area contributed by atoms with Gasteiger partial charge in [-0.05, 0) is 55.8 Å². The van der Waals surface area contributed by atoms with Crippen LogP contribution in [0.1, 0.15) is 18.9 Å². The van der Waals surface area contributed by atoms with E-state index in [2.05, 4.69) is 26.6 Å². The first kappa shape index (κ1) is 17.3. The zero-order valence-electron chi connectivity index (χ0n) is 13.4. The molecule has 0 fully saturated rings. The van der Waals surface area contributed by atoms with E-state index in [9.17, 15) is 4.79 Å². The van der Waals surface area contributed by atoms with Gasteiger partial charge in [0.05, 0.1) is 6.61 Å². The van der Waals surface area contributed by atoms with Crippen LogP contribution >= 0.6 is 15.9 Å². The van der Waals surface area contributed by atoms with Crippen LogP contribution in [0.2, 0.25) is 0 Å². The minimum atomic E-state index is -0.0205. The molecule has 5 heteroatoms. The molecule has 4 nitrogen and oxygen atoms in total. The van der Waals surface area contributed by atoms with E-state index in [0.29, 0.717) is 19.6 Å². The van der Waals surface area contributed by atoms with Crippen molar-refractivity contribution in [3.63, 3.8) is 0 Å². The third-order valence-electron chi connectivity index (χ3n) is 3.30. The summed E-state index contributed by atoms with van der Waals surface area (Å²) in [6.45, 7) is 5.19. The van der Waals surface area contributed by atoms with Crippen molar-refractivity contribution < 1.29 is 9.53 Å². The van der Waals surface area contributed by atoms with E-state index in [4.69, 9.17) is 4.74 Å². The molecule has 0 saturated carbocycles. The molecule has 2 rings (SSSR count). The van der Waals surface area contributed by atoms with Crippen LogP contribution < -0.4 is 15.4 Å². The number of nitrogens with one attached hydrogen (secondary N) is 2. The Hall–Kier alpha value is -2.01. The molecule has 0 aliphatic rings. The predicted octanol–water partition coefficient (Wildman–Crippen LogP) is 4.60. The van der Waals surface area contributed by atoms with Crippen molar-refractivity contribution in [3.8, 4) is 5.75 Å². The average molecular weight is 377 g/mol. The first-order valence-electron chi connectivity index (χ1n) is 7.61. The van der Waals surface area contributed by atoms with Crippen molar-refractivity contribution in [2.75, 3.05) is 23.8 Å². The SMILES string of the molecule is CCOc1ccc(NC(=O)CCNc2ccc(C)c(Br)c2)cc1. The zero-order valence-corrected chi connectivity index (χ0v) is 14.9. The van der Waals surface area contributed by atoms with Gasteiger partial charge < -0.3 is 15.4 Å². The lowest BCUT2D eigenvalue weighted by Crippen LogP contribution is -2.16. The summed E-state index contributed by atoms with van der Waals surface area (Å²) in [6, 6.07) is 13.4. The second-order valence-electron chi connectivity index (χ2n) is 5.15. The molecule has 0 unspecified atom stereocenters. The fourth-order valence-corrected chi connectivity index (χ4v) is 2.43. The second-order valence-corrected chi connectivity index (χ2v) is 6.00. The Balaban J connectivity index is 1.77. The van der Waals surface area contributed by atoms with Gasteiger partial charge in [0.2, 0.25) is 5.91 Å². The van der Waals surface area contributed by atoms with Crippen LogP contribution in [-0.4, -0.2) is 19.1 Å². The lowest BCUT2D eigenvalue weighted by Gasteiger charge is -2.09. The highest BCUT2D eigenvalue weighted by Gasteiger charge is 2.03. The summed E-state index contributed by atoms with van der Waals surface area (Å²) in [5.74, 6) is 0.782. The number of carbonyl (C=O) groups excluding carboxylic acids is 1. The van der Waals surface area contributed by atoms with Gasteiger partial charge in [-0.1, -0.05) is 22.0 Å². The van der Waals surface area contributed by atoms with Gasteiger partial charge in [-0.15, -0.1) is 0 Å². The van der Waals surface area contributed by atoms with Crippen molar-refractivity contribution in [2.45, 2.75) is 20.3 Å². The van der Waals surface area contributed by atoms with Crippen molar-refractivity contribution >= 4 is 33.2 Å². The third kappa shape index (κ3) is 5.60. The Labute approximate surface area is 145 Å². The number of hydrogen-bond donors (Lipinski definition) is 2. The smallest absolute Gasteiger partial charge is 0.226 e. The predicted molar refractivity (Wildman–Crippen MR) is 98.2 cm³/mol. The summed E-state index contributed by atoms with van der Waals surface area (Å²) in [6.07, 6.45) is 0.401. The molecule has 23 heavy (non-hydrogen) atoms. The highest BCUT2D eigenvalue weighted by Crippen LogP contribution is 2.20. The molecular weight excluding hydrogens is 356 g/mol. The minimum absolute atomic E-state index is 0.0205. The van der Waals surface area contributed by atoms with Crippen LogP contribution in [0.15, 0.2) is 46.9 Å². The maximum Gasteiger partial charge on any atom is 0.226 e.